The molecule has 0 aliphatic rings. The van der Waals surface area contributed by atoms with E-state index in [9.17, 15) is 13.5 Å². The van der Waals surface area contributed by atoms with Crippen molar-refractivity contribution in [2.45, 2.75) is 24.8 Å². The van der Waals surface area contributed by atoms with E-state index >= 15 is 0 Å². The number of aromatic hydroxyl groups is 1. The molecule has 0 radical (unpaired) electrons. The molecule has 0 amide bonds. The van der Waals surface area contributed by atoms with Gasteiger partial charge in [-0.25, -0.2) is 4.98 Å². The van der Waals surface area contributed by atoms with Crippen LogP contribution in [0.4, 0.5) is 5.69 Å². The molecule has 6 nitrogen and oxygen atoms in total. The van der Waals surface area contributed by atoms with Crippen LogP contribution in [0.1, 0.15) is 25.6 Å². The van der Waals surface area contributed by atoms with Gasteiger partial charge in [-0.1, -0.05) is 13.8 Å². The molecule has 0 fully saturated rings. The Hall–Kier alpha value is -1.06. The molecule has 0 saturated heterocycles. The summed E-state index contributed by atoms with van der Waals surface area (Å²) < 4.78 is 27.9. The van der Waals surface area contributed by atoms with Crippen molar-refractivity contribution in [1.82, 2.24) is 9.97 Å². The Morgan fingerprint density at radius 2 is 1.95 bits per heavy atom. The van der Waals surface area contributed by atoms with Gasteiger partial charge in [0.2, 0.25) is 0 Å². The van der Waals surface area contributed by atoms with Crippen LogP contribution in [0.25, 0.3) is 0 Å². The highest BCUT2D eigenvalue weighted by Crippen LogP contribution is 2.34. The molecule has 0 bridgehead atoms. The monoisotopic (exact) mass is 437 g/mol. The first-order chi connectivity index (χ1) is 9.70. The second kappa shape index (κ2) is 5.98. The Bertz CT molecular complexity index is 772. The first-order valence-corrected chi connectivity index (χ1v) is 9.03. The van der Waals surface area contributed by atoms with Crippen molar-refractivity contribution in [2.24, 2.45) is 0 Å². The Balaban J connectivity index is 2.35. The fraction of sp³-hybridized carbons (Fsp3) is 0.250. The SMILES string of the molecule is CC(C)c1ncc(S(=O)(=O)Nc2cc(O)c(Br)cc2Br)[nH]1. The van der Waals surface area contributed by atoms with Crippen molar-refractivity contribution < 1.29 is 13.5 Å². The van der Waals surface area contributed by atoms with Gasteiger partial charge in [0.05, 0.1) is 16.4 Å². The molecule has 9 heteroatoms. The molecule has 0 saturated carbocycles. The number of nitrogens with one attached hydrogen (secondary N) is 2. The van der Waals surface area contributed by atoms with Crippen molar-refractivity contribution in [1.29, 1.82) is 0 Å². The third kappa shape index (κ3) is 3.58. The van der Waals surface area contributed by atoms with Gasteiger partial charge in [-0.05, 0) is 37.9 Å². The van der Waals surface area contributed by atoms with Gasteiger partial charge < -0.3 is 10.1 Å². The molecule has 2 aromatic rings. The third-order valence-electron chi connectivity index (χ3n) is 2.69. The summed E-state index contributed by atoms with van der Waals surface area (Å²) in [6.45, 7) is 3.82. The maximum Gasteiger partial charge on any atom is 0.279 e. The predicted octanol–water partition coefficient (Wildman–Crippen LogP) is 3.56. The first kappa shape index (κ1) is 16.3. The fourth-order valence-electron chi connectivity index (χ4n) is 1.56. The Morgan fingerprint density at radius 3 is 2.52 bits per heavy atom. The standard InChI is InChI=1S/C12H13Br2N3O3S/c1-6(2)12-15-5-11(16-12)21(19,20)17-9-4-10(18)8(14)3-7(9)13/h3-6,17-18H,1-2H3,(H,15,16). The van der Waals surface area contributed by atoms with E-state index < -0.39 is 10.0 Å². The highest BCUT2D eigenvalue weighted by Gasteiger charge is 2.20. The van der Waals surface area contributed by atoms with Gasteiger partial charge in [-0.3, -0.25) is 4.72 Å². The molecule has 1 aromatic carbocycles. The average Bonchev–Trinajstić information content (AvgIpc) is 2.86. The molecule has 0 aliphatic heterocycles. The molecular weight excluding hydrogens is 426 g/mol. The van der Waals surface area contributed by atoms with E-state index in [4.69, 9.17) is 0 Å². The van der Waals surface area contributed by atoms with Crippen LogP contribution in [-0.4, -0.2) is 23.5 Å². The third-order valence-corrected chi connectivity index (χ3v) is 5.26. The maximum absolute atomic E-state index is 12.3. The number of sulfonamides is 1. The summed E-state index contributed by atoms with van der Waals surface area (Å²) in [5.41, 5.74) is 0.233. The fourth-order valence-corrected chi connectivity index (χ4v) is 3.79. The number of H-pyrrole nitrogens is 1. The predicted molar refractivity (Wildman–Crippen MR) is 87.0 cm³/mol. The Labute approximate surface area is 139 Å². The summed E-state index contributed by atoms with van der Waals surface area (Å²) in [7, 11) is -3.80. The molecule has 1 heterocycles. The number of anilines is 1. The molecule has 21 heavy (non-hydrogen) atoms. The highest BCUT2D eigenvalue weighted by molar-refractivity contribution is 9.11. The minimum Gasteiger partial charge on any atom is -0.507 e. The van der Waals surface area contributed by atoms with Crippen LogP contribution in [0, 0.1) is 0 Å². The minimum absolute atomic E-state index is 0.0273. The lowest BCUT2D eigenvalue weighted by Crippen LogP contribution is -2.14. The zero-order valence-electron chi connectivity index (χ0n) is 11.2. The number of nitrogens with zero attached hydrogens (tertiary/aromatic N) is 1. The minimum atomic E-state index is -3.80. The number of aromatic amines is 1. The number of rotatable bonds is 4. The molecule has 0 unspecified atom stereocenters. The molecule has 3 N–H and O–H groups in total. The number of hydrogen-bond acceptors (Lipinski definition) is 4. The van der Waals surface area contributed by atoms with Crippen molar-refractivity contribution in [3.63, 3.8) is 0 Å². The zero-order chi connectivity index (χ0) is 15.8. The maximum atomic E-state index is 12.3. The number of phenols is 1. The van der Waals surface area contributed by atoms with Crippen molar-refractivity contribution in [2.75, 3.05) is 4.72 Å². The van der Waals surface area contributed by atoms with E-state index in [1.165, 1.54) is 12.3 Å². The van der Waals surface area contributed by atoms with E-state index in [0.717, 1.165) is 0 Å². The summed E-state index contributed by atoms with van der Waals surface area (Å²) in [5.74, 6) is 0.619. The molecule has 0 aliphatic carbocycles. The lowest BCUT2D eigenvalue weighted by Gasteiger charge is -2.10. The van der Waals surface area contributed by atoms with Crippen molar-refractivity contribution >= 4 is 47.6 Å². The van der Waals surface area contributed by atoms with Crippen LogP contribution in [0.15, 0.2) is 32.3 Å². The van der Waals surface area contributed by atoms with Crippen LogP contribution < -0.4 is 4.72 Å². The van der Waals surface area contributed by atoms with Crippen LogP contribution in [0.2, 0.25) is 0 Å². The number of benzene rings is 1. The van der Waals surface area contributed by atoms with Crippen LogP contribution >= 0.6 is 31.9 Å². The van der Waals surface area contributed by atoms with E-state index in [0.29, 0.717) is 14.8 Å². The van der Waals surface area contributed by atoms with Gasteiger partial charge in [0, 0.05) is 16.5 Å². The Morgan fingerprint density at radius 1 is 1.29 bits per heavy atom. The van der Waals surface area contributed by atoms with Gasteiger partial charge in [0.15, 0.2) is 5.03 Å². The number of halogens is 2. The smallest absolute Gasteiger partial charge is 0.279 e. The molecule has 2 rings (SSSR count). The lowest BCUT2D eigenvalue weighted by atomic mass is 10.2. The number of phenolic OH excluding ortho intramolecular Hbond substituents is 1. The summed E-state index contributed by atoms with van der Waals surface area (Å²) in [4.78, 5) is 6.80. The summed E-state index contributed by atoms with van der Waals surface area (Å²) >= 11 is 6.39. The van der Waals surface area contributed by atoms with Crippen molar-refractivity contribution in [3.8, 4) is 5.75 Å². The van der Waals surface area contributed by atoms with Gasteiger partial charge in [-0.2, -0.15) is 8.42 Å². The summed E-state index contributed by atoms with van der Waals surface area (Å²) in [5, 5.41) is 9.62. The number of hydrogen-bond donors (Lipinski definition) is 3. The van der Waals surface area contributed by atoms with Crippen LogP contribution in [-0.2, 0) is 10.0 Å². The van der Waals surface area contributed by atoms with E-state index in [-0.39, 0.29) is 22.4 Å². The van der Waals surface area contributed by atoms with Crippen LogP contribution in [0.3, 0.4) is 0 Å². The molecule has 0 spiro atoms. The van der Waals surface area contributed by atoms with Gasteiger partial charge in [0.25, 0.3) is 10.0 Å². The highest BCUT2D eigenvalue weighted by atomic mass is 79.9. The Kier molecular flexibility index (Phi) is 4.64. The second-order valence-corrected chi connectivity index (χ2v) is 8.04. The van der Waals surface area contributed by atoms with Gasteiger partial charge in [0.1, 0.15) is 11.6 Å². The molecule has 1 aromatic heterocycles. The largest absolute Gasteiger partial charge is 0.507 e. The summed E-state index contributed by atoms with van der Waals surface area (Å²) in [6.07, 6.45) is 1.27. The zero-order valence-corrected chi connectivity index (χ0v) is 15.2. The van der Waals surface area contributed by atoms with E-state index in [1.807, 2.05) is 13.8 Å². The topological polar surface area (TPSA) is 95.1 Å². The number of aromatic nitrogens is 2. The van der Waals surface area contributed by atoms with E-state index in [1.54, 1.807) is 6.07 Å². The molecule has 0 atom stereocenters. The molecular formula is C12H13Br2N3O3S. The molecule has 114 valence electrons. The summed E-state index contributed by atoms with van der Waals surface area (Å²) in [6, 6.07) is 2.87. The van der Waals surface area contributed by atoms with Crippen LogP contribution in [0.5, 0.6) is 5.75 Å². The lowest BCUT2D eigenvalue weighted by molar-refractivity contribution is 0.472. The van der Waals surface area contributed by atoms with Gasteiger partial charge in [-0.15, -0.1) is 0 Å². The number of imidazole rings is 1. The normalized spacial score (nSPS) is 11.9. The quantitative estimate of drug-likeness (QED) is 0.679. The first-order valence-electron chi connectivity index (χ1n) is 5.96. The second-order valence-electron chi connectivity index (χ2n) is 4.68. The van der Waals surface area contributed by atoms with Gasteiger partial charge >= 0.3 is 0 Å². The van der Waals surface area contributed by atoms with E-state index in [2.05, 4.69) is 46.5 Å². The average molecular weight is 439 g/mol. The van der Waals surface area contributed by atoms with Crippen molar-refractivity contribution in [3.05, 3.63) is 33.1 Å².